The quantitative estimate of drug-likeness (QED) is 0.826. The summed E-state index contributed by atoms with van der Waals surface area (Å²) in [4.78, 5) is 1.20. The van der Waals surface area contributed by atoms with Crippen LogP contribution < -0.4 is 10.5 Å². The number of aromatic nitrogens is 2. The molecule has 1 aromatic carbocycles. The average molecular weight is 249 g/mol. The minimum atomic E-state index is 0.566. The van der Waals surface area contributed by atoms with E-state index < -0.39 is 0 Å². The minimum Gasteiger partial charge on any atom is -0.497 e. The van der Waals surface area contributed by atoms with Gasteiger partial charge >= 0.3 is 0 Å². The third-order valence-corrected chi connectivity index (χ3v) is 3.27. The number of nitrogens with zero attached hydrogens (tertiary/aromatic N) is 2. The van der Waals surface area contributed by atoms with E-state index >= 15 is 0 Å². The molecule has 0 aliphatic carbocycles. The Morgan fingerprint density at radius 1 is 1.41 bits per heavy atom. The zero-order valence-corrected chi connectivity index (χ0v) is 10.5. The summed E-state index contributed by atoms with van der Waals surface area (Å²) in [6.45, 7) is 0.846. The molecule has 0 aliphatic rings. The number of nitrogen functional groups attached to an aromatic ring is 1. The molecule has 1 heterocycles. The second-order valence-electron chi connectivity index (χ2n) is 3.53. The molecule has 0 aliphatic heterocycles. The zero-order chi connectivity index (χ0) is 12.1. The van der Waals surface area contributed by atoms with E-state index in [0.29, 0.717) is 5.82 Å². The van der Waals surface area contributed by atoms with E-state index in [0.717, 1.165) is 18.0 Å². The van der Waals surface area contributed by atoms with Crippen molar-refractivity contribution in [3.63, 3.8) is 0 Å². The van der Waals surface area contributed by atoms with Crippen LogP contribution in [0.25, 0.3) is 0 Å². The van der Waals surface area contributed by atoms with Gasteiger partial charge in [-0.2, -0.15) is 5.10 Å². The summed E-state index contributed by atoms with van der Waals surface area (Å²) in [7, 11) is 1.68. The maximum absolute atomic E-state index is 5.54. The SMILES string of the molecule is COc1cccc(SCCn2ccc(N)n2)c1. The van der Waals surface area contributed by atoms with Gasteiger partial charge in [0.1, 0.15) is 11.6 Å². The molecule has 2 rings (SSSR count). The minimum absolute atomic E-state index is 0.566. The Hall–Kier alpha value is -1.62. The van der Waals surface area contributed by atoms with Crippen LogP contribution in [0.15, 0.2) is 41.4 Å². The van der Waals surface area contributed by atoms with Crippen LogP contribution in [-0.4, -0.2) is 22.6 Å². The number of aryl methyl sites for hydroxylation is 1. The highest BCUT2D eigenvalue weighted by Gasteiger charge is 1.98. The number of anilines is 1. The fourth-order valence-electron chi connectivity index (χ4n) is 1.45. The van der Waals surface area contributed by atoms with Gasteiger partial charge in [-0.3, -0.25) is 4.68 Å². The lowest BCUT2D eigenvalue weighted by Crippen LogP contribution is -2.01. The highest BCUT2D eigenvalue weighted by atomic mass is 32.2. The number of methoxy groups -OCH3 is 1. The zero-order valence-electron chi connectivity index (χ0n) is 9.67. The first-order valence-corrected chi connectivity index (χ1v) is 6.32. The van der Waals surface area contributed by atoms with Gasteiger partial charge in [0, 0.05) is 16.8 Å². The van der Waals surface area contributed by atoms with Gasteiger partial charge in [-0.15, -0.1) is 11.8 Å². The smallest absolute Gasteiger partial charge is 0.145 e. The van der Waals surface area contributed by atoms with Gasteiger partial charge in [0.25, 0.3) is 0 Å². The average Bonchev–Trinajstić information content (AvgIpc) is 2.75. The lowest BCUT2D eigenvalue weighted by Gasteiger charge is -2.04. The Kier molecular flexibility index (Phi) is 3.93. The first kappa shape index (κ1) is 11.9. The number of ether oxygens (including phenoxy) is 1. The lowest BCUT2D eigenvalue weighted by molar-refractivity contribution is 0.413. The van der Waals surface area contributed by atoms with Crippen LogP contribution in [0.2, 0.25) is 0 Å². The van der Waals surface area contributed by atoms with Crippen LogP contribution in [0.1, 0.15) is 0 Å². The number of rotatable bonds is 5. The van der Waals surface area contributed by atoms with Crippen molar-refractivity contribution < 1.29 is 4.74 Å². The third kappa shape index (κ3) is 3.42. The Bertz CT molecular complexity index is 484. The second kappa shape index (κ2) is 5.63. The van der Waals surface area contributed by atoms with Gasteiger partial charge in [-0.05, 0) is 24.3 Å². The summed E-state index contributed by atoms with van der Waals surface area (Å²) < 4.78 is 7.03. The molecule has 2 N–H and O–H groups in total. The standard InChI is InChI=1S/C12H15N3OS/c1-16-10-3-2-4-11(9-10)17-8-7-15-6-5-12(13)14-15/h2-6,9H,7-8H2,1H3,(H2,13,14). The molecule has 2 aromatic rings. The molecule has 1 aromatic heterocycles. The molecule has 0 fully saturated rings. The molecule has 0 radical (unpaired) electrons. The number of nitrogens with two attached hydrogens (primary N) is 1. The van der Waals surface area contributed by atoms with Gasteiger partial charge in [-0.25, -0.2) is 0 Å². The molecule has 0 amide bonds. The van der Waals surface area contributed by atoms with Crippen molar-refractivity contribution in [2.75, 3.05) is 18.6 Å². The molecule has 0 atom stereocenters. The van der Waals surface area contributed by atoms with Crippen LogP contribution in [0, 0.1) is 0 Å². The van der Waals surface area contributed by atoms with Gasteiger partial charge in [0.05, 0.1) is 13.7 Å². The first-order chi connectivity index (χ1) is 8.28. The number of thioether (sulfide) groups is 1. The number of benzene rings is 1. The van der Waals surface area contributed by atoms with E-state index in [4.69, 9.17) is 10.5 Å². The summed E-state index contributed by atoms with van der Waals surface area (Å²) in [5.74, 6) is 2.41. The molecular weight excluding hydrogens is 234 g/mol. The Morgan fingerprint density at radius 2 is 2.29 bits per heavy atom. The topological polar surface area (TPSA) is 53.1 Å². The number of hydrogen-bond donors (Lipinski definition) is 1. The molecular formula is C12H15N3OS. The summed E-state index contributed by atoms with van der Waals surface area (Å²) >= 11 is 1.77. The van der Waals surface area contributed by atoms with E-state index in [1.165, 1.54) is 4.90 Å². The van der Waals surface area contributed by atoms with Crippen molar-refractivity contribution >= 4 is 17.6 Å². The number of hydrogen-bond acceptors (Lipinski definition) is 4. The van der Waals surface area contributed by atoms with Crippen molar-refractivity contribution in [1.82, 2.24) is 9.78 Å². The maximum Gasteiger partial charge on any atom is 0.145 e. The molecule has 0 saturated heterocycles. The molecule has 0 saturated carbocycles. The summed E-state index contributed by atoms with van der Waals surface area (Å²) in [5.41, 5.74) is 5.54. The van der Waals surface area contributed by atoms with Crippen LogP contribution in [0.5, 0.6) is 5.75 Å². The normalized spacial score (nSPS) is 10.4. The van der Waals surface area contributed by atoms with Crippen molar-refractivity contribution in [3.8, 4) is 5.75 Å². The first-order valence-electron chi connectivity index (χ1n) is 5.34. The van der Waals surface area contributed by atoms with E-state index in [9.17, 15) is 0 Å². The fraction of sp³-hybridized carbons (Fsp3) is 0.250. The van der Waals surface area contributed by atoms with Gasteiger partial charge < -0.3 is 10.5 Å². The van der Waals surface area contributed by atoms with E-state index in [-0.39, 0.29) is 0 Å². The molecule has 0 spiro atoms. The highest BCUT2D eigenvalue weighted by molar-refractivity contribution is 7.99. The molecule has 4 nitrogen and oxygen atoms in total. The Balaban J connectivity index is 1.85. The van der Waals surface area contributed by atoms with Crippen LogP contribution in [0.3, 0.4) is 0 Å². The largest absolute Gasteiger partial charge is 0.497 e. The molecule has 0 bridgehead atoms. The van der Waals surface area contributed by atoms with Gasteiger partial charge in [-0.1, -0.05) is 6.07 Å². The van der Waals surface area contributed by atoms with Crippen molar-refractivity contribution in [2.24, 2.45) is 0 Å². The van der Waals surface area contributed by atoms with E-state index in [2.05, 4.69) is 11.2 Å². The van der Waals surface area contributed by atoms with Crippen LogP contribution in [-0.2, 0) is 6.54 Å². The van der Waals surface area contributed by atoms with Gasteiger partial charge in [0.2, 0.25) is 0 Å². The summed E-state index contributed by atoms with van der Waals surface area (Å²) in [6.07, 6.45) is 1.89. The van der Waals surface area contributed by atoms with E-state index in [1.54, 1.807) is 24.9 Å². The van der Waals surface area contributed by atoms with E-state index in [1.807, 2.05) is 29.1 Å². The van der Waals surface area contributed by atoms with Gasteiger partial charge in [0.15, 0.2) is 0 Å². The Labute approximate surface area is 105 Å². The summed E-state index contributed by atoms with van der Waals surface area (Å²) in [5, 5.41) is 4.13. The van der Waals surface area contributed by atoms with Crippen LogP contribution >= 0.6 is 11.8 Å². The molecule has 5 heteroatoms. The third-order valence-electron chi connectivity index (χ3n) is 2.29. The highest BCUT2D eigenvalue weighted by Crippen LogP contribution is 2.22. The monoisotopic (exact) mass is 249 g/mol. The summed E-state index contributed by atoms with van der Waals surface area (Å²) in [6, 6.07) is 9.84. The predicted molar refractivity (Wildman–Crippen MR) is 70.4 cm³/mol. The van der Waals surface area contributed by atoms with Crippen molar-refractivity contribution in [1.29, 1.82) is 0 Å². The predicted octanol–water partition coefficient (Wildman–Crippen LogP) is 2.27. The molecule has 17 heavy (non-hydrogen) atoms. The maximum atomic E-state index is 5.54. The second-order valence-corrected chi connectivity index (χ2v) is 4.70. The molecule has 0 unspecified atom stereocenters. The fourth-order valence-corrected chi connectivity index (χ4v) is 2.34. The molecule has 90 valence electrons. The Morgan fingerprint density at radius 3 is 3.00 bits per heavy atom. The van der Waals surface area contributed by atoms with Crippen molar-refractivity contribution in [3.05, 3.63) is 36.5 Å². The van der Waals surface area contributed by atoms with Crippen molar-refractivity contribution in [2.45, 2.75) is 11.4 Å². The lowest BCUT2D eigenvalue weighted by atomic mass is 10.3. The van der Waals surface area contributed by atoms with Crippen LogP contribution in [0.4, 0.5) is 5.82 Å².